The molecule has 0 N–H and O–H groups in total. The Morgan fingerprint density at radius 2 is 1.89 bits per heavy atom. The lowest BCUT2D eigenvalue weighted by molar-refractivity contribution is 0.290. The quantitative estimate of drug-likeness (QED) is 0.607. The molecule has 0 fully saturated rings. The van der Waals surface area contributed by atoms with E-state index in [0.717, 1.165) is 5.56 Å². The molecule has 0 heterocycles. The molecule has 0 aliphatic carbocycles. The van der Waals surface area contributed by atoms with Gasteiger partial charge in [0.05, 0.1) is 5.88 Å². The first kappa shape index (κ1) is 13.5. The lowest BCUT2D eigenvalue weighted by Crippen LogP contribution is -1.97. The number of benzene rings is 2. The van der Waals surface area contributed by atoms with Crippen LogP contribution in [0.25, 0.3) is 0 Å². The van der Waals surface area contributed by atoms with Gasteiger partial charge in [0.15, 0.2) is 11.6 Å². The summed E-state index contributed by atoms with van der Waals surface area (Å²) in [5.41, 5.74) is 1.67. The maximum atomic E-state index is 13.6. The molecule has 0 aliphatic rings. The lowest BCUT2D eigenvalue weighted by Gasteiger charge is -2.07. The summed E-state index contributed by atoms with van der Waals surface area (Å²) in [6.45, 7) is 0.324. The van der Waals surface area contributed by atoms with Gasteiger partial charge in [0, 0.05) is 5.56 Å². The Labute approximate surface area is 117 Å². The maximum Gasteiger partial charge on any atom is 0.165 e. The van der Waals surface area contributed by atoms with Crippen molar-refractivity contribution in [3.63, 3.8) is 0 Å². The Morgan fingerprint density at radius 1 is 1.11 bits per heavy atom. The van der Waals surface area contributed by atoms with Gasteiger partial charge in [0.1, 0.15) is 6.61 Å². The van der Waals surface area contributed by atoms with Crippen LogP contribution in [0.1, 0.15) is 11.1 Å². The zero-order valence-corrected chi connectivity index (χ0v) is 11.0. The topological polar surface area (TPSA) is 9.23 Å². The van der Waals surface area contributed by atoms with Crippen LogP contribution in [0.3, 0.4) is 0 Å². The highest BCUT2D eigenvalue weighted by molar-refractivity contribution is 6.19. The van der Waals surface area contributed by atoms with Crippen LogP contribution in [-0.4, -0.2) is 5.88 Å². The van der Waals surface area contributed by atoms with Crippen LogP contribution in [-0.2, 0) is 6.61 Å². The third-order valence-corrected chi connectivity index (χ3v) is 2.60. The molecule has 96 valence electrons. The van der Waals surface area contributed by atoms with E-state index in [2.05, 4.69) is 11.8 Å². The largest absolute Gasteiger partial charge is 0.486 e. The van der Waals surface area contributed by atoms with Crippen LogP contribution in [0.5, 0.6) is 5.75 Å². The molecule has 19 heavy (non-hydrogen) atoms. The summed E-state index contributed by atoms with van der Waals surface area (Å²) in [5, 5.41) is 0. The first-order chi connectivity index (χ1) is 9.29. The Bertz CT molecular complexity index is 599. The van der Waals surface area contributed by atoms with E-state index >= 15 is 0 Å². The van der Waals surface area contributed by atoms with Gasteiger partial charge < -0.3 is 4.74 Å². The molecule has 0 bridgehead atoms. The predicted molar refractivity (Wildman–Crippen MR) is 74.8 cm³/mol. The Hall–Kier alpha value is -1.98. The molecule has 0 unspecified atom stereocenters. The van der Waals surface area contributed by atoms with Gasteiger partial charge in [-0.15, -0.1) is 11.6 Å². The van der Waals surface area contributed by atoms with Crippen LogP contribution in [0.15, 0.2) is 48.5 Å². The van der Waals surface area contributed by atoms with E-state index in [0.29, 0.717) is 12.2 Å². The van der Waals surface area contributed by atoms with Crippen LogP contribution in [0.2, 0.25) is 0 Å². The molecule has 0 saturated carbocycles. The molecule has 0 aliphatic heterocycles. The Kier molecular flexibility index (Phi) is 4.83. The maximum absolute atomic E-state index is 13.6. The zero-order valence-electron chi connectivity index (χ0n) is 10.2. The zero-order chi connectivity index (χ0) is 13.5. The Morgan fingerprint density at radius 3 is 2.63 bits per heavy atom. The monoisotopic (exact) mass is 274 g/mol. The minimum Gasteiger partial charge on any atom is -0.486 e. The highest BCUT2D eigenvalue weighted by Crippen LogP contribution is 2.19. The Balaban J connectivity index is 2.11. The molecule has 0 radical (unpaired) electrons. The van der Waals surface area contributed by atoms with Gasteiger partial charge in [0.25, 0.3) is 0 Å². The minimum atomic E-state index is -0.396. The second-order valence-electron chi connectivity index (χ2n) is 3.85. The van der Waals surface area contributed by atoms with E-state index in [4.69, 9.17) is 16.3 Å². The second-order valence-corrected chi connectivity index (χ2v) is 4.12. The number of rotatable bonds is 3. The molecule has 2 aromatic rings. The highest BCUT2D eigenvalue weighted by atomic mass is 35.5. The lowest BCUT2D eigenvalue weighted by atomic mass is 10.2. The number of hydrogen-bond donors (Lipinski definition) is 0. The van der Waals surface area contributed by atoms with Crippen molar-refractivity contribution in [2.45, 2.75) is 6.61 Å². The minimum absolute atomic E-state index is 0.199. The van der Waals surface area contributed by atoms with Crippen molar-refractivity contribution in [3.8, 4) is 17.6 Å². The van der Waals surface area contributed by atoms with Gasteiger partial charge in [-0.05, 0) is 23.8 Å². The summed E-state index contributed by atoms with van der Waals surface area (Å²) in [4.78, 5) is 0. The van der Waals surface area contributed by atoms with Crippen molar-refractivity contribution in [3.05, 3.63) is 65.5 Å². The molecule has 2 aromatic carbocycles. The smallest absolute Gasteiger partial charge is 0.165 e. The SMILES string of the molecule is Fc1ccc(C#CCCl)cc1OCc1ccccc1. The number of alkyl halides is 1. The molecule has 3 heteroatoms. The van der Waals surface area contributed by atoms with Gasteiger partial charge in [-0.3, -0.25) is 0 Å². The molecule has 0 aromatic heterocycles. The average Bonchev–Trinajstić information content (AvgIpc) is 2.46. The number of ether oxygens (including phenoxy) is 1. The third kappa shape index (κ3) is 4.01. The fourth-order valence-corrected chi connectivity index (χ4v) is 1.63. The summed E-state index contributed by atoms with van der Waals surface area (Å²) >= 11 is 5.48. The first-order valence-corrected chi connectivity index (χ1v) is 6.34. The average molecular weight is 275 g/mol. The van der Waals surface area contributed by atoms with E-state index in [1.165, 1.54) is 6.07 Å². The van der Waals surface area contributed by atoms with Gasteiger partial charge >= 0.3 is 0 Å². The van der Waals surface area contributed by atoms with E-state index in [1.54, 1.807) is 12.1 Å². The first-order valence-electron chi connectivity index (χ1n) is 5.80. The summed E-state index contributed by atoms with van der Waals surface area (Å²) < 4.78 is 19.1. The fourth-order valence-electron chi connectivity index (χ4n) is 1.56. The predicted octanol–water partition coefficient (Wildman–Crippen LogP) is 4.00. The summed E-state index contributed by atoms with van der Waals surface area (Å²) in [6.07, 6.45) is 0. The molecule has 0 amide bonds. The van der Waals surface area contributed by atoms with Crippen molar-refractivity contribution >= 4 is 11.6 Å². The van der Waals surface area contributed by atoms with E-state index in [9.17, 15) is 4.39 Å². The van der Waals surface area contributed by atoms with Crippen molar-refractivity contribution < 1.29 is 9.13 Å². The molecule has 0 atom stereocenters. The van der Waals surface area contributed by atoms with Crippen LogP contribution in [0.4, 0.5) is 4.39 Å². The van der Waals surface area contributed by atoms with E-state index in [-0.39, 0.29) is 11.6 Å². The fraction of sp³-hybridized carbons (Fsp3) is 0.125. The van der Waals surface area contributed by atoms with Crippen LogP contribution >= 0.6 is 11.6 Å². The molecule has 1 nitrogen and oxygen atoms in total. The molecular weight excluding hydrogens is 263 g/mol. The molecular formula is C16H12ClFO. The van der Waals surface area contributed by atoms with Gasteiger partial charge in [-0.1, -0.05) is 42.2 Å². The van der Waals surface area contributed by atoms with Crippen molar-refractivity contribution in [2.24, 2.45) is 0 Å². The van der Waals surface area contributed by atoms with E-state index in [1.807, 2.05) is 30.3 Å². The van der Waals surface area contributed by atoms with Crippen molar-refractivity contribution in [1.29, 1.82) is 0 Å². The summed E-state index contributed by atoms with van der Waals surface area (Å²) in [6, 6.07) is 14.1. The third-order valence-electron chi connectivity index (χ3n) is 2.47. The summed E-state index contributed by atoms with van der Waals surface area (Å²) in [5.74, 6) is 5.60. The molecule has 2 rings (SSSR count). The molecule has 0 spiro atoms. The second kappa shape index (κ2) is 6.82. The van der Waals surface area contributed by atoms with Gasteiger partial charge in [-0.2, -0.15) is 0 Å². The van der Waals surface area contributed by atoms with Gasteiger partial charge in [-0.25, -0.2) is 4.39 Å². The van der Waals surface area contributed by atoms with Crippen molar-refractivity contribution in [2.75, 3.05) is 5.88 Å². The normalized spacial score (nSPS) is 9.58. The van der Waals surface area contributed by atoms with E-state index < -0.39 is 5.82 Å². The number of halogens is 2. The van der Waals surface area contributed by atoms with Crippen LogP contribution in [0, 0.1) is 17.7 Å². The number of hydrogen-bond acceptors (Lipinski definition) is 1. The highest BCUT2D eigenvalue weighted by Gasteiger charge is 2.04. The summed E-state index contributed by atoms with van der Waals surface area (Å²) in [7, 11) is 0. The standard InChI is InChI=1S/C16H12ClFO/c17-10-4-7-13-8-9-15(18)16(11-13)19-12-14-5-2-1-3-6-14/h1-3,5-6,8-9,11H,10,12H2. The van der Waals surface area contributed by atoms with Crippen molar-refractivity contribution in [1.82, 2.24) is 0 Å². The molecule has 0 saturated heterocycles. The van der Waals surface area contributed by atoms with Gasteiger partial charge in [0.2, 0.25) is 0 Å². The van der Waals surface area contributed by atoms with Crippen LogP contribution < -0.4 is 4.74 Å².